The van der Waals surface area contributed by atoms with Crippen LogP contribution in [0.4, 0.5) is 4.39 Å². The Morgan fingerprint density at radius 3 is 2.83 bits per heavy atom. The summed E-state index contributed by atoms with van der Waals surface area (Å²) >= 11 is 0. The molecule has 1 atom stereocenters. The average Bonchev–Trinajstić information content (AvgIpc) is 2.67. The Hall–Kier alpha value is -1.35. The number of hydrogen-bond acceptors (Lipinski definition) is 2. The van der Waals surface area contributed by atoms with Crippen molar-refractivity contribution in [3.05, 3.63) is 35.3 Å². The van der Waals surface area contributed by atoms with E-state index in [0.717, 1.165) is 30.2 Å². The Labute approximate surface area is 106 Å². The van der Waals surface area contributed by atoms with E-state index in [1.54, 1.807) is 6.07 Å². The first-order valence-corrected chi connectivity index (χ1v) is 6.50. The van der Waals surface area contributed by atoms with Gasteiger partial charge in [-0.15, -0.1) is 0 Å². The maximum atomic E-state index is 13.2. The number of aliphatic hydroxyl groups excluding tert-OH is 1. The number of furan rings is 1. The summed E-state index contributed by atoms with van der Waals surface area (Å²) in [6.45, 7) is 3.99. The van der Waals surface area contributed by atoms with E-state index in [4.69, 9.17) is 4.42 Å². The van der Waals surface area contributed by atoms with Crippen molar-refractivity contribution in [2.45, 2.75) is 45.6 Å². The van der Waals surface area contributed by atoms with Crippen molar-refractivity contribution in [3.63, 3.8) is 0 Å². The lowest BCUT2D eigenvalue weighted by Gasteiger charge is -2.08. The van der Waals surface area contributed by atoms with Gasteiger partial charge in [-0.3, -0.25) is 0 Å². The average molecular weight is 250 g/mol. The molecule has 0 aliphatic carbocycles. The summed E-state index contributed by atoms with van der Waals surface area (Å²) in [5.74, 6) is 0.296. The number of rotatable bonds is 5. The van der Waals surface area contributed by atoms with Crippen molar-refractivity contribution in [3.8, 4) is 0 Å². The Bertz CT molecular complexity index is 531. The molecule has 3 heteroatoms. The van der Waals surface area contributed by atoms with Crippen molar-refractivity contribution in [1.29, 1.82) is 0 Å². The molecule has 1 aromatic carbocycles. The van der Waals surface area contributed by atoms with Crippen LogP contribution >= 0.6 is 0 Å². The molecule has 0 aliphatic rings. The fourth-order valence-corrected chi connectivity index (χ4v) is 2.25. The topological polar surface area (TPSA) is 33.4 Å². The summed E-state index contributed by atoms with van der Waals surface area (Å²) in [5, 5.41) is 10.9. The van der Waals surface area contributed by atoms with Crippen LogP contribution < -0.4 is 0 Å². The van der Waals surface area contributed by atoms with Gasteiger partial charge in [0.05, 0.1) is 0 Å². The second-order valence-electron chi connectivity index (χ2n) is 4.74. The summed E-state index contributed by atoms with van der Waals surface area (Å²) in [7, 11) is 0. The van der Waals surface area contributed by atoms with Gasteiger partial charge in [0, 0.05) is 10.9 Å². The lowest BCUT2D eigenvalue weighted by atomic mass is 10.0. The SMILES string of the molecule is CCCCCC(O)c1oc2ccc(F)cc2c1C. The molecule has 1 aromatic heterocycles. The minimum atomic E-state index is -0.591. The second kappa shape index (κ2) is 5.53. The Morgan fingerprint density at radius 1 is 1.33 bits per heavy atom. The molecule has 1 N–H and O–H groups in total. The molecule has 2 rings (SSSR count). The number of aliphatic hydroxyl groups is 1. The third-order valence-corrected chi connectivity index (χ3v) is 3.32. The van der Waals surface area contributed by atoms with Crippen LogP contribution in [0.1, 0.15) is 50.0 Å². The summed E-state index contributed by atoms with van der Waals surface area (Å²) in [6.07, 6.45) is 3.30. The molecule has 0 amide bonds. The van der Waals surface area contributed by atoms with E-state index in [0.29, 0.717) is 17.8 Å². The maximum absolute atomic E-state index is 13.2. The molecule has 0 fully saturated rings. The zero-order valence-electron chi connectivity index (χ0n) is 10.9. The second-order valence-corrected chi connectivity index (χ2v) is 4.74. The van der Waals surface area contributed by atoms with Crippen LogP contribution in [0.5, 0.6) is 0 Å². The quantitative estimate of drug-likeness (QED) is 0.793. The molecule has 98 valence electrons. The first kappa shape index (κ1) is 13.1. The van der Waals surface area contributed by atoms with Gasteiger partial charge in [0.1, 0.15) is 23.3 Å². The van der Waals surface area contributed by atoms with Crippen LogP contribution in [0.15, 0.2) is 22.6 Å². The molecular formula is C15H19FO2. The minimum absolute atomic E-state index is 0.279. The van der Waals surface area contributed by atoms with E-state index in [1.807, 2.05) is 6.92 Å². The molecule has 1 heterocycles. The fourth-order valence-electron chi connectivity index (χ4n) is 2.25. The van der Waals surface area contributed by atoms with E-state index >= 15 is 0 Å². The van der Waals surface area contributed by atoms with Gasteiger partial charge < -0.3 is 9.52 Å². The lowest BCUT2D eigenvalue weighted by molar-refractivity contribution is 0.138. The van der Waals surface area contributed by atoms with Gasteiger partial charge in [-0.05, 0) is 31.5 Å². The fraction of sp³-hybridized carbons (Fsp3) is 0.467. The van der Waals surface area contributed by atoms with Crippen LogP contribution in [-0.4, -0.2) is 5.11 Å². The van der Waals surface area contributed by atoms with Gasteiger partial charge in [0.15, 0.2) is 0 Å². The molecule has 0 radical (unpaired) electrons. The van der Waals surface area contributed by atoms with Crippen molar-refractivity contribution >= 4 is 11.0 Å². The Morgan fingerprint density at radius 2 is 2.11 bits per heavy atom. The predicted molar refractivity (Wildman–Crippen MR) is 70.0 cm³/mol. The number of aryl methyl sites for hydroxylation is 1. The predicted octanol–water partition coefficient (Wildman–Crippen LogP) is 4.49. The standard InChI is InChI=1S/C15H19FO2/c1-3-4-5-6-13(17)15-10(2)12-9-11(16)7-8-14(12)18-15/h7-9,13,17H,3-6H2,1-2H3. The molecule has 0 saturated carbocycles. The van der Waals surface area contributed by atoms with E-state index in [-0.39, 0.29) is 5.82 Å². The first-order chi connectivity index (χ1) is 8.63. The molecule has 2 nitrogen and oxygen atoms in total. The van der Waals surface area contributed by atoms with Gasteiger partial charge in [-0.25, -0.2) is 4.39 Å². The minimum Gasteiger partial charge on any atom is -0.458 e. The molecule has 0 bridgehead atoms. The summed E-state index contributed by atoms with van der Waals surface area (Å²) in [4.78, 5) is 0. The van der Waals surface area contributed by atoms with Gasteiger partial charge in [0.25, 0.3) is 0 Å². The largest absolute Gasteiger partial charge is 0.458 e. The van der Waals surface area contributed by atoms with E-state index in [2.05, 4.69) is 6.92 Å². The van der Waals surface area contributed by atoms with Gasteiger partial charge in [-0.1, -0.05) is 26.2 Å². The van der Waals surface area contributed by atoms with Crippen LogP contribution in [0.2, 0.25) is 0 Å². The van der Waals surface area contributed by atoms with E-state index < -0.39 is 6.10 Å². The molecule has 1 unspecified atom stereocenters. The Kier molecular flexibility index (Phi) is 4.02. The zero-order chi connectivity index (χ0) is 13.1. The van der Waals surface area contributed by atoms with Crippen molar-refractivity contribution < 1.29 is 13.9 Å². The molecule has 0 saturated heterocycles. The third kappa shape index (κ3) is 2.56. The highest BCUT2D eigenvalue weighted by Crippen LogP contribution is 2.32. The van der Waals surface area contributed by atoms with Crippen LogP contribution in [0, 0.1) is 12.7 Å². The van der Waals surface area contributed by atoms with Crippen LogP contribution in [0.3, 0.4) is 0 Å². The smallest absolute Gasteiger partial charge is 0.136 e. The molecule has 2 aromatic rings. The number of fused-ring (bicyclic) bond motifs is 1. The number of unbranched alkanes of at least 4 members (excludes halogenated alkanes) is 2. The third-order valence-electron chi connectivity index (χ3n) is 3.32. The monoisotopic (exact) mass is 250 g/mol. The molecule has 18 heavy (non-hydrogen) atoms. The maximum Gasteiger partial charge on any atom is 0.136 e. The number of benzene rings is 1. The zero-order valence-corrected chi connectivity index (χ0v) is 10.9. The van der Waals surface area contributed by atoms with Gasteiger partial charge in [0.2, 0.25) is 0 Å². The van der Waals surface area contributed by atoms with E-state index in [1.165, 1.54) is 12.1 Å². The van der Waals surface area contributed by atoms with Crippen LogP contribution in [-0.2, 0) is 0 Å². The molecule has 0 aliphatic heterocycles. The normalized spacial score (nSPS) is 13.1. The highest BCUT2D eigenvalue weighted by Gasteiger charge is 2.18. The van der Waals surface area contributed by atoms with Crippen LogP contribution in [0.25, 0.3) is 11.0 Å². The highest BCUT2D eigenvalue weighted by molar-refractivity contribution is 5.82. The van der Waals surface area contributed by atoms with Crippen molar-refractivity contribution in [2.24, 2.45) is 0 Å². The molecular weight excluding hydrogens is 231 g/mol. The lowest BCUT2D eigenvalue weighted by Crippen LogP contribution is -1.97. The van der Waals surface area contributed by atoms with Gasteiger partial charge >= 0.3 is 0 Å². The number of hydrogen-bond donors (Lipinski definition) is 1. The summed E-state index contributed by atoms with van der Waals surface area (Å²) in [6, 6.07) is 4.44. The van der Waals surface area contributed by atoms with E-state index in [9.17, 15) is 9.50 Å². The van der Waals surface area contributed by atoms with Crippen molar-refractivity contribution in [1.82, 2.24) is 0 Å². The van der Waals surface area contributed by atoms with Gasteiger partial charge in [-0.2, -0.15) is 0 Å². The Balaban J connectivity index is 2.25. The van der Waals surface area contributed by atoms with Crippen molar-refractivity contribution in [2.75, 3.05) is 0 Å². The summed E-state index contributed by atoms with van der Waals surface area (Å²) in [5.41, 5.74) is 1.48. The molecule has 0 spiro atoms. The highest BCUT2D eigenvalue weighted by atomic mass is 19.1. The first-order valence-electron chi connectivity index (χ1n) is 6.50. The summed E-state index contributed by atoms with van der Waals surface area (Å²) < 4.78 is 18.8. The number of halogens is 1.